The van der Waals surface area contributed by atoms with Crippen LogP contribution >= 0.6 is 11.6 Å². The van der Waals surface area contributed by atoms with Gasteiger partial charge in [-0.25, -0.2) is 0 Å². The van der Waals surface area contributed by atoms with Crippen LogP contribution in [0.25, 0.3) is 0 Å². The van der Waals surface area contributed by atoms with Crippen molar-refractivity contribution in [3.05, 3.63) is 0 Å². The Morgan fingerprint density at radius 3 is 2.18 bits per heavy atom. The summed E-state index contributed by atoms with van der Waals surface area (Å²) >= 11 is 5.50. The smallest absolute Gasteiger partial charge is 0.281 e. The molecule has 1 saturated heterocycles. The standard InChI is InChI=1S/C9H18ClN3O3S/c1-11(2)17(15,16)13-7-5-12(6-8-13)9(14)3-4-10/h3-8H2,1-2H3. The van der Waals surface area contributed by atoms with Crippen molar-refractivity contribution in [3.8, 4) is 0 Å². The summed E-state index contributed by atoms with van der Waals surface area (Å²) in [6.45, 7) is 1.55. The second-order valence-electron chi connectivity index (χ2n) is 4.01. The molecule has 1 aliphatic heterocycles. The van der Waals surface area contributed by atoms with Gasteiger partial charge in [0.1, 0.15) is 0 Å². The lowest BCUT2D eigenvalue weighted by Crippen LogP contribution is -2.53. The Morgan fingerprint density at radius 1 is 1.24 bits per heavy atom. The zero-order chi connectivity index (χ0) is 13.1. The average molecular weight is 284 g/mol. The van der Waals surface area contributed by atoms with Crippen LogP contribution in [-0.4, -0.2) is 74.0 Å². The maximum Gasteiger partial charge on any atom is 0.281 e. The number of nitrogens with zero attached hydrogens (tertiary/aromatic N) is 3. The van der Waals surface area contributed by atoms with E-state index in [2.05, 4.69) is 0 Å². The Kier molecular flexibility index (Phi) is 5.18. The Hall–Kier alpha value is -0.370. The van der Waals surface area contributed by atoms with Crippen molar-refractivity contribution in [1.82, 2.24) is 13.5 Å². The molecule has 0 aromatic heterocycles. The molecule has 1 fully saturated rings. The molecule has 17 heavy (non-hydrogen) atoms. The maximum absolute atomic E-state index is 11.8. The van der Waals surface area contributed by atoms with Crippen LogP contribution in [0, 0.1) is 0 Å². The summed E-state index contributed by atoms with van der Waals surface area (Å²) < 4.78 is 26.2. The lowest BCUT2D eigenvalue weighted by atomic mass is 10.3. The fourth-order valence-electron chi connectivity index (χ4n) is 1.64. The number of carbonyl (C=O) groups excluding carboxylic acids is 1. The Bertz CT molecular complexity index is 364. The van der Waals surface area contributed by atoms with Gasteiger partial charge in [0.2, 0.25) is 5.91 Å². The molecular weight excluding hydrogens is 266 g/mol. The third-order valence-electron chi connectivity index (χ3n) is 2.69. The number of halogens is 1. The first-order valence-corrected chi connectivity index (χ1v) is 7.34. The molecule has 0 aromatic carbocycles. The number of carbonyl (C=O) groups is 1. The molecule has 0 unspecified atom stereocenters. The van der Waals surface area contributed by atoms with Gasteiger partial charge in [-0.05, 0) is 0 Å². The van der Waals surface area contributed by atoms with Crippen LogP contribution in [0.4, 0.5) is 0 Å². The second kappa shape index (κ2) is 5.99. The number of hydrogen-bond acceptors (Lipinski definition) is 3. The molecule has 0 spiro atoms. The Labute approximate surface area is 107 Å². The molecule has 6 nitrogen and oxygen atoms in total. The summed E-state index contributed by atoms with van der Waals surface area (Å²) in [5.74, 6) is 0.289. The summed E-state index contributed by atoms with van der Waals surface area (Å²) in [7, 11) is -0.358. The normalized spacial score (nSPS) is 18.7. The number of alkyl halides is 1. The summed E-state index contributed by atoms with van der Waals surface area (Å²) in [6, 6.07) is 0. The number of amides is 1. The molecule has 0 bridgehead atoms. The summed E-state index contributed by atoms with van der Waals surface area (Å²) in [5, 5.41) is 0. The molecule has 1 heterocycles. The van der Waals surface area contributed by atoms with Gasteiger partial charge in [0.25, 0.3) is 10.2 Å². The van der Waals surface area contributed by atoms with Crippen LogP contribution in [0.1, 0.15) is 6.42 Å². The molecule has 0 atom stereocenters. The predicted molar refractivity (Wildman–Crippen MR) is 66.1 cm³/mol. The molecule has 1 rings (SSSR count). The summed E-state index contributed by atoms with van der Waals surface area (Å²) in [4.78, 5) is 13.2. The minimum atomic E-state index is -3.36. The summed E-state index contributed by atoms with van der Waals surface area (Å²) in [6.07, 6.45) is 0.308. The largest absolute Gasteiger partial charge is 0.340 e. The third kappa shape index (κ3) is 3.54. The van der Waals surface area contributed by atoms with E-state index in [1.807, 2.05) is 0 Å². The van der Waals surface area contributed by atoms with Gasteiger partial charge in [0.15, 0.2) is 0 Å². The van der Waals surface area contributed by atoms with Crippen LogP contribution < -0.4 is 0 Å². The van der Waals surface area contributed by atoms with E-state index >= 15 is 0 Å². The first kappa shape index (κ1) is 14.7. The lowest BCUT2D eigenvalue weighted by molar-refractivity contribution is -0.131. The predicted octanol–water partition coefficient (Wildman–Crippen LogP) is -0.434. The van der Waals surface area contributed by atoms with E-state index in [-0.39, 0.29) is 5.91 Å². The number of rotatable bonds is 4. The molecule has 0 radical (unpaired) electrons. The molecule has 1 amide bonds. The van der Waals surface area contributed by atoms with E-state index in [1.54, 1.807) is 4.90 Å². The molecule has 1 aliphatic rings. The van der Waals surface area contributed by atoms with Crippen LogP contribution in [0.3, 0.4) is 0 Å². The van der Waals surface area contributed by atoms with Crippen molar-refractivity contribution in [2.24, 2.45) is 0 Å². The monoisotopic (exact) mass is 283 g/mol. The molecular formula is C9H18ClN3O3S. The molecule has 100 valence electrons. The number of piperazine rings is 1. The SMILES string of the molecule is CN(C)S(=O)(=O)N1CCN(C(=O)CCCl)CC1. The van der Waals surface area contributed by atoms with Crippen LogP contribution in [0.2, 0.25) is 0 Å². The zero-order valence-electron chi connectivity index (χ0n) is 10.1. The third-order valence-corrected chi connectivity index (χ3v) is 4.82. The van der Waals surface area contributed by atoms with E-state index in [0.717, 1.165) is 0 Å². The average Bonchev–Trinajstić information content (AvgIpc) is 2.29. The molecule has 0 N–H and O–H groups in total. The van der Waals surface area contributed by atoms with Gasteiger partial charge in [0.05, 0.1) is 0 Å². The zero-order valence-corrected chi connectivity index (χ0v) is 11.7. The minimum Gasteiger partial charge on any atom is -0.340 e. The summed E-state index contributed by atoms with van der Waals surface area (Å²) in [5.41, 5.74) is 0. The van der Waals surface area contributed by atoms with Crippen LogP contribution in [0.5, 0.6) is 0 Å². The van der Waals surface area contributed by atoms with Gasteiger partial charge >= 0.3 is 0 Å². The van der Waals surface area contributed by atoms with Crippen LogP contribution in [-0.2, 0) is 15.0 Å². The fraction of sp³-hybridized carbons (Fsp3) is 0.889. The highest BCUT2D eigenvalue weighted by atomic mass is 35.5. The van der Waals surface area contributed by atoms with Gasteiger partial charge in [-0.15, -0.1) is 11.6 Å². The van der Waals surface area contributed by atoms with Crippen molar-refractivity contribution in [1.29, 1.82) is 0 Å². The van der Waals surface area contributed by atoms with Gasteiger partial charge in [-0.1, -0.05) is 0 Å². The van der Waals surface area contributed by atoms with E-state index in [0.29, 0.717) is 38.5 Å². The fourth-order valence-corrected chi connectivity index (χ4v) is 2.89. The van der Waals surface area contributed by atoms with Gasteiger partial charge < -0.3 is 4.90 Å². The first-order chi connectivity index (χ1) is 7.89. The van der Waals surface area contributed by atoms with E-state index < -0.39 is 10.2 Å². The molecule has 0 aromatic rings. The minimum absolute atomic E-state index is 0.0121. The van der Waals surface area contributed by atoms with Crippen molar-refractivity contribution < 1.29 is 13.2 Å². The van der Waals surface area contributed by atoms with Gasteiger partial charge in [-0.3, -0.25) is 4.79 Å². The van der Waals surface area contributed by atoms with Crippen molar-refractivity contribution in [3.63, 3.8) is 0 Å². The Balaban J connectivity index is 2.54. The highest BCUT2D eigenvalue weighted by Crippen LogP contribution is 2.10. The lowest BCUT2D eigenvalue weighted by Gasteiger charge is -2.35. The van der Waals surface area contributed by atoms with E-state index in [1.165, 1.54) is 22.7 Å². The van der Waals surface area contributed by atoms with Crippen molar-refractivity contribution >= 4 is 27.7 Å². The van der Waals surface area contributed by atoms with Gasteiger partial charge in [0, 0.05) is 52.6 Å². The van der Waals surface area contributed by atoms with E-state index in [9.17, 15) is 13.2 Å². The highest BCUT2D eigenvalue weighted by Gasteiger charge is 2.29. The quantitative estimate of drug-likeness (QED) is 0.658. The molecule has 0 aliphatic carbocycles. The van der Waals surface area contributed by atoms with E-state index in [4.69, 9.17) is 11.6 Å². The highest BCUT2D eigenvalue weighted by molar-refractivity contribution is 7.86. The van der Waals surface area contributed by atoms with Crippen molar-refractivity contribution in [2.75, 3.05) is 46.2 Å². The first-order valence-electron chi connectivity index (χ1n) is 5.41. The van der Waals surface area contributed by atoms with Gasteiger partial charge in [-0.2, -0.15) is 17.0 Å². The topological polar surface area (TPSA) is 60.9 Å². The van der Waals surface area contributed by atoms with Crippen molar-refractivity contribution in [2.45, 2.75) is 6.42 Å². The molecule has 8 heteroatoms. The maximum atomic E-state index is 11.8. The second-order valence-corrected chi connectivity index (χ2v) is 6.53. The number of hydrogen-bond donors (Lipinski definition) is 0. The Morgan fingerprint density at radius 2 is 1.76 bits per heavy atom. The molecule has 0 saturated carbocycles. The van der Waals surface area contributed by atoms with Crippen LogP contribution in [0.15, 0.2) is 0 Å².